The molecule has 0 unspecified atom stereocenters. The zero-order valence-electron chi connectivity index (χ0n) is 11.6. The van der Waals surface area contributed by atoms with Gasteiger partial charge in [-0.3, -0.25) is 4.79 Å². The Morgan fingerprint density at radius 3 is 2.81 bits per heavy atom. The van der Waals surface area contributed by atoms with Gasteiger partial charge in [0.15, 0.2) is 0 Å². The number of amides is 1. The molecule has 0 aromatic heterocycles. The van der Waals surface area contributed by atoms with Crippen molar-refractivity contribution in [2.45, 2.75) is 23.8 Å². The van der Waals surface area contributed by atoms with Gasteiger partial charge in [0, 0.05) is 4.90 Å². The molecule has 0 bridgehead atoms. The first-order valence-corrected chi connectivity index (χ1v) is 8.00. The Morgan fingerprint density at radius 1 is 1.19 bits per heavy atom. The van der Waals surface area contributed by atoms with Crippen LogP contribution in [0.25, 0.3) is 0 Å². The number of phenolic OH excluding ortho intramolecular Hbond substituents is 1. The summed E-state index contributed by atoms with van der Waals surface area (Å²) in [7, 11) is 0. The van der Waals surface area contributed by atoms with Crippen LogP contribution in [0.4, 0.5) is 0 Å². The molecule has 2 aromatic carbocycles. The predicted octanol–water partition coefficient (Wildman–Crippen LogP) is 3.29. The highest BCUT2D eigenvalue weighted by Gasteiger charge is 2.23. The molecule has 1 atom stereocenters. The number of aromatic hydroxyl groups is 1. The van der Waals surface area contributed by atoms with Crippen LogP contribution in [0.5, 0.6) is 5.75 Å². The second-order valence-corrected chi connectivity index (χ2v) is 6.13. The Hall–Kier alpha value is -1.94. The lowest BCUT2D eigenvalue weighted by molar-refractivity contribution is -0.119. The van der Waals surface area contributed by atoms with Crippen LogP contribution in [-0.2, 0) is 11.2 Å². The highest BCUT2D eigenvalue weighted by Crippen LogP contribution is 2.31. The number of carbonyl (C=O) groups excluding carboxylic acids is 1. The number of para-hydroxylation sites is 1. The van der Waals surface area contributed by atoms with Crippen molar-refractivity contribution in [1.29, 1.82) is 0 Å². The number of aryl methyl sites for hydroxylation is 1. The third-order valence-corrected chi connectivity index (χ3v) is 4.75. The molecule has 4 heteroatoms. The van der Waals surface area contributed by atoms with E-state index in [2.05, 4.69) is 17.4 Å². The molecule has 0 spiro atoms. The van der Waals surface area contributed by atoms with Crippen LogP contribution in [0.3, 0.4) is 0 Å². The molecule has 21 heavy (non-hydrogen) atoms. The minimum atomic E-state index is 0.00459. The van der Waals surface area contributed by atoms with Gasteiger partial charge in [-0.05, 0) is 36.1 Å². The predicted molar refractivity (Wildman–Crippen MR) is 84.5 cm³/mol. The lowest BCUT2D eigenvalue weighted by atomic mass is 10.1. The van der Waals surface area contributed by atoms with Crippen LogP contribution in [0, 0.1) is 0 Å². The molecule has 0 fully saturated rings. The number of benzene rings is 2. The maximum Gasteiger partial charge on any atom is 0.230 e. The summed E-state index contributed by atoms with van der Waals surface area (Å²) in [5.41, 5.74) is 2.56. The van der Waals surface area contributed by atoms with Gasteiger partial charge in [-0.25, -0.2) is 0 Å². The Bertz CT molecular complexity index is 657. The summed E-state index contributed by atoms with van der Waals surface area (Å²) in [5.74, 6) is 0.544. The van der Waals surface area contributed by atoms with Gasteiger partial charge in [0.25, 0.3) is 0 Å². The molecule has 0 saturated carbocycles. The molecule has 0 aliphatic heterocycles. The molecule has 0 radical (unpaired) electrons. The molecule has 3 rings (SSSR count). The topological polar surface area (TPSA) is 49.3 Å². The lowest BCUT2D eigenvalue weighted by Gasteiger charge is -2.14. The smallest absolute Gasteiger partial charge is 0.230 e. The van der Waals surface area contributed by atoms with Gasteiger partial charge in [0.2, 0.25) is 5.91 Å². The van der Waals surface area contributed by atoms with E-state index in [0.29, 0.717) is 5.75 Å². The summed E-state index contributed by atoms with van der Waals surface area (Å²) in [4.78, 5) is 12.8. The van der Waals surface area contributed by atoms with E-state index < -0.39 is 0 Å². The molecule has 108 valence electrons. The number of nitrogens with one attached hydrogen (secondary N) is 1. The van der Waals surface area contributed by atoms with Crippen LogP contribution in [0.2, 0.25) is 0 Å². The summed E-state index contributed by atoms with van der Waals surface area (Å²) in [6.45, 7) is 0. The highest BCUT2D eigenvalue weighted by molar-refractivity contribution is 8.00. The summed E-state index contributed by atoms with van der Waals surface area (Å²) in [6.07, 6.45) is 1.99. The fraction of sp³-hybridized carbons (Fsp3) is 0.235. The van der Waals surface area contributed by atoms with Crippen molar-refractivity contribution in [2.24, 2.45) is 0 Å². The van der Waals surface area contributed by atoms with Crippen molar-refractivity contribution < 1.29 is 9.90 Å². The standard InChI is InChI=1S/C17H17NO2S/c19-15-7-3-4-8-16(15)21-11-17(20)18-14-10-9-12-5-1-2-6-13(12)14/h1-8,14,19H,9-11H2,(H,18,20)/t14-/m0/s1. The van der Waals surface area contributed by atoms with E-state index in [1.54, 1.807) is 12.1 Å². The minimum Gasteiger partial charge on any atom is -0.507 e. The Labute approximate surface area is 128 Å². The van der Waals surface area contributed by atoms with Crippen LogP contribution < -0.4 is 5.32 Å². The molecule has 0 saturated heterocycles. The summed E-state index contributed by atoms with van der Waals surface area (Å²) < 4.78 is 0. The van der Waals surface area contributed by atoms with Gasteiger partial charge in [0.05, 0.1) is 11.8 Å². The summed E-state index contributed by atoms with van der Waals surface area (Å²) in [5, 5.41) is 12.8. The van der Waals surface area contributed by atoms with Crippen LogP contribution in [-0.4, -0.2) is 16.8 Å². The average molecular weight is 299 g/mol. The maximum absolute atomic E-state index is 12.1. The van der Waals surface area contributed by atoms with Gasteiger partial charge in [-0.15, -0.1) is 11.8 Å². The van der Waals surface area contributed by atoms with Crippen LogP contribution >= 0.6 is 11.8 Å². The number of thioether (sulfide) groups is 1. The zero-order valence-corrected chi connectivity index (χ0v) is 12.4. The average Bonchev–Trinajstić information content (AvgIpc) is 2.90. The third kappa shape index (κ3) is 3.22. The van der Waals surface area contributed by atoms with E-state index in [-0.39, 0.29) is 17.7 Å². The second-order valence-electron chi connectivity index (χ2n) is 5.11. The number of phenols is 1. The van der Waals surface area contributed by atoms with E-state index in [0.717, 1.165) is 17.7 Å². The summed E-state index contributed by atoms with van der Waals surface area (Å²) >= 11 is 1.36. The Balaban J connectivity index is 1.57. The molecular weight excluding hydrogens is 282 g/mol. The normalized spacial score (nSPS) is 16.5. The lowest BCUT2D eigenvalue weighted by Crippen LogP contribution is -2.28. The molecule has 1 amide bonds. The van der Waals surface area contributed by atoms with Crippen molar-refractivity contribution in [3.05, 3.63) is 59.7 Å². The monoisotopic (exact) mass is 299 g/mol. The molecule has 1 aliphatic carbocycles. The first kappa shape index (κ1) is 14.0. The highest BCUT2D eigenvalue weighted by atomic mass is 32.2. The Kier molecular flexibility index (Phi) is 4.15. The van der Waals surface area contributed by atoms with E-state index in [1.807, 2.05) is 24.3 Å². The van der Waals surface area contributed by atoms with Crippen molar-refractivity contribution in [3.63, 3.8) is 0 Å². The molecule has 0 heterocycles. The van der Waals surface area contributed by atoms with E-state index in [1.165, 1.54) is 22.9 Å². The van der Waals surface area contributed by atoms with Crippen molar-refractivity contribution in [3.8, 4) is 5.75 Å². The largest absolute Gasteiger partial charge is 0.507 e. The zero-order chi connectivity index (χ0) is 14.7. The fourth-order valence-corrected chi connectivity index (χ4v) is 3.43. The SMILES string of the molecule is O=C(CSc1ccccc1O)N[C@H]1CCc2ccccc21. The molecule has 1 aliphatic rings. The summed E-state index contributed by atoms with van der Waals surface area (Å²) in [6, 6.07) is 15.5. The van der Waals surface area contributed by atoms with Crippen molar-refractivity contribution in [2.75, 3.05) is 5.75 Å². The van der Waals surface area contributed by atoms with E-state index in [9.17, 15) is 9.90 Å². The van der Waals surface area contributed by atoms with Gasteiger partial charge >= 0.3 is 0 Å². The maximum atomic E-state index is 12.1. The van der Waals surface area contributed by atoms with E-state index in [4.69, 9.17) is 0 Å². The van der Waals surface area contributed by atoms with Crippen molar-refractivity contribution in [1.82, 2.24) is 5.32 Å². The number of hydrogen-bond donors (Lipinski definition) is 2. The number of carbonyl (C=O) groups is 1. The first-order valence-electron chi connectivity index (χ1n) is 7.02. The minimum absolute atomic E-state index is 0.00459. The van der Waals surface area contributed by atoms with Crippen LogP contribution in [0.1, 0.15) is 23.6 Å². The molecule has 3 nitrogen and oxygen atoms in total. The number of hydrogen-bond acceptors (Lipinski definition) is 3. The van der Waals surface area contributed by atoms with Gasteiger partial charge in [-0.2, -0.15) is 0 Å². The number of fused-ring (bicyclic) bond motifs is 1. The van der Waals surface area contributed by atoms with Gasteiger partial charge < -0.3 is 10.4 Å². The Morgan fingerprint density at radius 2 is 1.95 bits per heavy atom. The molecule has 2 aromatic rings. The third-order valence-electron chi connectivity index (χ3n) is 3.69. The van der Waals surface area contributed by atoms with Crippen molar-refractivity contribution >= 4 is 17.7 Å². The molecule has 2 N–H and O–H groups in total. The molecular formula is C17H17NO2S. The number of rotatable bonds is 4. The fourth-order valence-electron chi connectivity index (χ4n) is 2.67. The second kappa shape index (κ2) is 6.22. The van der Waals surface area contributed by atoms with Gasteiger partial charge in [0.1, 0.15) is 5.75 Å². The first-order chi connectivity index (χ1) is 10.2. The van der Waals surface area contributed by atoms with E-state index >= 15 is 0 Å². The quantitative estimate of drug-likeness (QED) is 0.852. The van der Waals surface area contributed by atoms with Crippen LogP contribution in [0.15, 0.2) is 53.4 Å². The van der Waals surface area contributed by atoms with Gasteiger partial charge in [-0.1, -0.05) is 36.4 Å².